The van der Waals surface area contributed by atoms with Gasteiger partial charge in [0.2, 0.25) is 0 Å². The van der Waals surface area contributed by atoms with Crippen LogP contribution in [0.25, 0.3) is 16.4 Å². The Morgan fingerprint density at radius 3 is 2.93 bits per heavy atom. The lowest BCUT2D eigenvalue weighted by Gasteiger charge is -2.32. The smallest absolute Gasteiger partial charge is 0.411 e. The minimum Gasteiger partial charge on any atom is -0.465 e. The summed E-state index contributed by atoms with van der Waals surface area (Å²) in [5.41, 5.74) is 4.29. The van der Waals surface area contributed by atoms with Crippen LogP contribution >= 0.6 is 0 Å². The molecular weight excluding hydrogens is 547 g/mol. The Labute approximate surface area is 238 Å². The van der Waals surface area contributed by atoms with Crippen LogP contribution in [0.3, 0.4) is 0 Å². The Hall–Kier alpha value is -5.24. The van der Waals surface area contributed by atoms with Crippen LogP contribution in [-0.4, -0.2) is 79.0 Å². The van der Waals surface area contributed by atoms with Gasteiger partial charge in [-0.05, 0) is 42.8 Å². The van der Waals surface area contributed by atoms with Crippen molar-refractivity contribution >= 4 is 45.8 Å². The number of carbonyl (C=O) groups is 2. The van der Waals surface area contributed by atoms with Crippen molar-refractivity contribution in [1.29, 1.82) is 0 Å². The van der Waals surface area contributed by atoms with Gasteiger partial charge in [0.05, 0.1) is 49.4 Å². The molecule has 42 heavy (non-hydrogen) atoms. The van der Waals surface area contributed by atoms with Crippen molar-refractivity contribution in [1.82, 2.24) is 29.3 Å². The highest BCUT2D eigenvalue weighted by molar-refractivity contribution is 5.91. The molecule has 3 N–H and O–H groups in total. The lowest BCUT2D eigenvalue weighted by molar-refractivity contribution is -0.0203. The summed E-state index contributed by atoms with van der Waals surface area (Å²) in [5.74, 6) is 0.232. The van der Waals surface area contributed by atoms with Gasteiger partial charge in [0.15, 0.2) is 5.82 Å². The highest BCUT2D eigenvalue weighted by atomic mass is 19.1. The number of fused-ring (bicyclic) bond motifs is 2. The first kappa shape index (κ1) is 27.0. The van der Waals surface area contributed by atoms with Gasteiger partial charge in [0.1, 0.15) is 24.3 Å². The number of aryl methyl sites for hydroxylation is 1. The van der Waals surface area contributed by atoms with E-state index >= 15 is 0 Å². The fourth-order valence-electron chi connectivity index (χ4n) is 4.98. The second-order valence-electron chi connectivity index (χ2n) is 9.83. The van der Waals surface area contributed by atoms with E-state index < -0.39 is 18.2 Å². The van der Waals surface area contributed by atoms with Crippen molar-refractivity contribution < 1.29 is 28.6 Å². The van der Waals surface area contributed by atoms with E-state index in [0.717, 1.165) is 22.2 Å². The van der Waals surface area contributed by atoms with E-state index in [1.165, 1.54) is 23.4 Å². The van der Waals surface area contributed by atoms with E-state index in [4.69, 9.17) is 9.47 Å². The summed E-state index contributed by atoms with van der Waals surface area (Å²) in [4.78, 5) is 29.6. The van der Waals surface area contributed by atoms with Gasteiger partial charge in [-0.1, -0.05) is 12.1 Å². The zero-order chi connectivity index (χ0) is 29.2. The lowest BCUT2D eigenvalue weighted by Crippen LogP contribution is -2.50. The molecule has 14 heteroatoms. The van der Waals surface area contributed by atoms with Gasteiger partial charge in [-0.2, -0.15) is 10.2 Å². The fourth-order valence-corrected chi connectivity index (χ4v) is 4.98. The van der Waals surface area contributed by atoms with Crippen LogP contribution in [0.4, 0.5) is 31.2 Å². The van der Waals surface area contributed by atoms with Gasteiger partial charge in [-0.15, -0.1) is 0 Å². The predicted molar refractivity (Wildman–Crippen MR) is 151 cm³/mol. The predicted octanol–water partition coefficient (Wildman–Crippen LogP) is 4.25. The molecule has 0 saturated carbocycles. The number of hydrogen-bond donors (Lipinski definition) is 3. The number of nitrogens with zero attached hydrogens (tertiary/aromatic N) is 6. The van der Waals surface area contributed by atoms with Crippen molar-refractivity contribution in [2.75, 3.05) is 37.0 Å². The quantitative estimate of drug-likeness (QED) is 0.259. The molecule has 5 aromatic rings. The third kappa shape index (κ3) is 5.51. The molecule has 1 aliphatic rings. The van der Waals surface area contributed by atoms with Crippen LogP contribution in [0.1, 0.15) is 11.1 Å². The van der Waals surface area contributed by atoms with Gasteiger partial charge in [0, 0.05) is 23.2 Å². The zero-order valence-electron chi connectivity index (χ0n) is 22.5. The second-order valence-corrected chi connectivity index (χ2v) is 9.83. The molecule has 1 saturated heterocycles. The van der Waals surface area contributed by atoms with Crippen LogP contribution in [-0.2, 0) is 16.0 Å². The SMILES string of the molecule is Cc1c(NC(=O)OCC2COCCN2C(=O)O)cn2ncnc(Nc3ccc4c(cnn4Cc4cccc(F)c4)c3)c12. The van der Waals surface area contributed by atoms with E-state index in [0.29, 0.717) is 35.7 Å². The molecule has 3 aromatic heterocycles. The highest BCUT2D eigenvalue weighted by Gasteiger charge is 2.28. The number of ether oxygens (including phenoxy) is 2. The Morgan fingerprint density at radius 2 is 2.10 bits per heavy atom. The van der Waals surface area contributed by atoms with Crippen LogP contribution < -0.4 is 10.6 Å². The van der Waals surface area contributed by atoms with Crippen LogP contribution in [0.15, 0.2) is 61.2 Å². The maximum absolute atomic E-state index is 13.6. The molecule has 4 heterocycles. The first-order chi connectivity index (χ1) is 20.4. The first-order valence-corrected chi connectivity index (χ1v) is 13.2. The summed E-state index contributed by atoms with van der Waals surface area (Å²) in [6, 6.07) is 11.6. The standard InChI is InChI=1S/C28H27FN8O5/c1-17-23(34-27(38)42-15-22-14-41-8-7-35(22)28(39)40)13-37-25(17)26(30-16-32-37)33-21-5-6-24-19(10-21)11-31-36(24)12-18-3-2-4-20(29)9-18/h2-6,9-11,13,16,22H,7-8,12,14-15H2,1H3,(H,34,38)(H,39,40)(H,30,32,33). The fraction of sp³-hybridized carbons (Fsp3) is 0.250. The molecule has 1 aliphatic heterocycles. The summed E-state index contributed by atoms with van der Waals surface area (Å²) in [5, 5.41) is 25.0. The average molecular weight is 575 g/mol. The van der Waals surface area contributed by atoms with Crippen LogP contribution in [0, 0.1) is 12.7 Å². The summed E-state index contributed by atoms with van der Waals surface area (Å²) in [6.07, 6.45) is 2.98. The van der Waals surface area contributed by atoms with E-state index in [1.54, 1.807) is 23.0 Å². The van der Waals surface area contributed by atoms with E-state index in [-0.39, 0.29) is 25.6 Å². The number of rotatable bonds is 7. The summed E-state index contributed by atoms with van der Waals surface area (Å²) in [7, 11) is 0. The number of amides is 2. The van der Waals surface area contributed by atoms with Crippen LogP contribution in [0.2, 0.25) is 0 Å². The molecule has 2 amide bonds. The average Bonchev–Trinajstić information content (AvgIpc) is 3.52. The molecule has 1 unspecified atom stereocenters. The molecule has 1 atom stereocenters. The summed E-state index contributed by atoms with van der Waals surface area (Å²) in [6.45, 7) is 2.79. The number of nitrogens with one attached hydrogen (secondary N) is 2. The normalized spacial score (nSPS) is 15.2. The molecular formula is C28H27FN8O5. The number of carbonyl (C=O) groups excluding carboxylic acids is 1. The zero-order valence-corrected chi connectivity index (χ0v) is 22.5. The number of aromatic nitrogens is 5. The number of anilines is 3. The molecule has 13 nitrogen and oxygen atoms in total. The van der Waals surface area contributed by atoms with Crippen molar-refractivity contribution in [3.8, 4) is 0 Å². The van der Waals surface area contributed by atoms with Crippen molar-refractivity contribution in [3.05, 3.63) is 78.1 Å². The van der Waals surface area contributed by atoms with Gasteiger partial charge in [0.25, 0.3) is 0 Å². The number of halogens is 1. The van der Waals surface area contributed by atoms with E-state index in [1.807, 2.05) is 35.9 Å². The third-order valence-electron chi connectivity index (χ3n) is 7.07. The molecule has 0 aliphatic carbocycles. The van der Waals surface area contributed by atoms with Crippen molar-refractivity contribution in [2.24, 2.45) is 0 Å². The largest absolute Gasteiger partial charge is 0.465 e. The number of morpholine rings is 1. The molecule has 0 bridgehead atoms. The molecule has 0 spiro atoms. The topological polar surface area (TPSA) is 148 Å². The monoisotopic (exact) mass is 574 g/mol. The van der Waals surface area contributed by atoms with Crippen molar-refractivity contribution in [3.63, 3.8) is 0 Å². The van der Waals surface area contributed by atoms with Gasteiger partial charge in [-0.3, -0.25) is 14.9 Å². The first-order valence-electron chi connectivity index (χ1n) is 13.2. The van der Waals surface area contributed by atoms with Gasteiger partial charge >= 0.3 is 12.2 Å². The Balaban J connectivity index is 1.16. The molecule has 0 radical (unpaired) electrons. The maximum Gasteiger partial charge on any atom is 0.411 e. The molecule has 2 aromatic carbocycles. The molecule has 216 valence electrons. The molecule has 1 fully saturated rings. The second kappa shape index (κ2) is 11.3. The minimum atomic E-state index is -1.09. The number of hydrogen-bond acceptors (Lipinski definition) is 8. The number of carboxylic acid groups (broad SMARTS) is 1. The molecule has 6 rings (SSSR count). The Bertz CT molecular complexity index is 1790. The van der Waals surface area contributed by atoms with E-state index in [2.05, 4.69) is 25.8 Å². The third-order valence-corrected chi connectivity index (χ3v) is 7.07. The summed E-state index contributed by atoms with van der Waals surface area (Å²) >= 11 is 0. The lowest BCUT2D eigenvalue weighted by atomic mass is 10.2. The maximum atomic E-state index is 13.6. The Kier molecular flexibility index (Phi) is 7.27. The highest BCUT2D eigenvalue weighted by Crippen LogP contribution is 2.29. The minimum absolute atomic E-state index is 0.140. The van der Waals surface area contributed by atoms with Gasteiger partial charge in [-0.25, -0.2) is 23.5 Å². The van der Waals surface area contributed by atoms with Crippen molar-refractivity contribution in [2.45, 2.75) is 19.5 Å². The van der Waals surface area contributed by atoms with Crippen LogP contribution in [0.5, 0.6) is 0 Å². The Morgan fingerprint density at radius 1 is 1.21 bits per heavy atom. The van der Waals surface area contributed by atoms with E-state index in [9.17, 15) is 19.1 Å². The summed E-state index contributed by atoms with van der Waals surface area (Å²) < 4.78 is 27.7. The number of benzene rings is 2. The van der Waals surface area contributed by atoms with Gasteiger partial charge < -0.3 is 19.9 Å².